The molecule has 64 valence electrons. The highest BCUT2D eigenvalue weighted by molar-refractivity contribution is 5.85. The molecule has 1 rings (SSSR count). The van der Waals surface area contributed by atoms with Crippen molar-refractivity contribution >= 4 is 6.21 Å². The van der Waals surface area contributed by atoms with Gasteiger partial charge in [0, 0.05) is 24.9 Å². The zero-order valence-electron chi connectivity index (χ0n) is 7.07. The van der Waals surface area contributed by atoms with Crippen molar-refractivity contribution in [2.45, 2.75) is 6.92 Å². The maximum atomic E-state index is 9.35. The summed E-state index contributed by atoms with van der Waals surface area (Å²) in [5, 5.41) is 18.4. The highest BCUT2D eigenvalue weighted by atomic mass is 16.3. The molecule has 1 aromatic rings. The number of nitrogens with zero attached hydrogens (tertiary/aromatic N) is 1. The van der Waals surface area contributed by atoms with E-state index in [2.05, 4.69) is 4.99 Å². The van der Waals surface area contributed by atoms with Gasteiger partial charge in [0.25, 0.3) is 0 Å². The Labute approximate surface area is 71.0 Å². The maximum absolute atomic E-state index is 9.35. The zero-order valence-corrected chi connectivity index (χ0v) is 7.07. The fraction of sp³-hybridized carbons (Fsp3) is 0.222. The van der Waals surface area contributed by atoms with Crippen LogP contribution in [0.1, 0.15) is 11.1 Å². The first kappa shape index (κ1) is 8.59. The van der Waals surface area contributed by atoms with Gasteiger partial charge in [0.2, 0.25) is 0 Å². The van der Waals surface area contributed by atoms with E-state index in [9.17, 15) is 5.11 Å². The maximum Gasteiger partial charge on any atom is 0.128 e. The molecule has 3 nitrogen and oxygen atoms in total. The van der Waals surface area contributed by atoms with Crippen molar-refractivity contribution < 1.29 is 10.2 Å². The van der Waals surface area contributed by atoms with E-state index >= 15 is 0 Å². The average molecular weight is 165 g/mol. The average Bonchev–Trinajstić information content (AvgIpc) is 1.96. The van der Waals surface area contributed by atoms with Crippen LogP contribution in [0.5, 0.6) is 11.5 Å². The number of aryl methyl sites for hydroxylation is 1. The zero-order chi connectivity index (χ0) is 9.14. The Kier molecular flexibility index (Phi) is 2.33. The molecule has 2 N–H and O–H groups in total. The minimum Gasteiger partial charge on any atom is -0.508 e. The second kappa shape index (κ2) is 3.26. The Morgan fingerprint density at radius 1 is 1.33 bits per heavy atom. The van der Waals surface area contributed by atoms with Crippen LogP contribution in [0.3, 0.4) is 0 Å². The van der Waals surface area contributed by atoms with E-state index in [1.807, 2.05) is 0 Å². The third kappa shape index (κ3) is 1.56. The fourth-order valence-corrected chi connectivity index (χ4v) is 1.06. The first-order valence-electron chi connectivity index (χ1n) is 3.60. The largest absolute Gasteiger partial charge is 0.508 e. The SMILES string of the molecule is CN=Cc1c(C)cc(O)cc1O. The van der Waals surface area contributed by atoms with Crippen molar-refractivity contribution in [3.63, 3.8) is 0 Å². The second-order valence-electron chi connectivity index (χ2n) is 2.58. The molecule has 0 spiro atoms. The van der Waals surface area contributed by atoms with Gasteiger partial charge in [0.15, 0.2) is 0 Å². The van der Waals surface area contributed by atoms with E-state index in [1.54, 1.807) is 26.3 Å². The Morgan fingerprint density at radius 2 is 2.00 bits per heavy atom. The normalized spacial score (nSPS) is 10.8. The van der Waals surface area contributed by atoms with Gasteiger partial charge < -0.3 is 10.2 Å². The first-order valence-corrected chi connectivity index (χ1v) is 3.60. The van der Waals surface area contributed by atoms with Crippen molar-refractivity contribution in [2.24, 2.45) is 4.99 Å². The van der Waals surface area contributed by atoms with Gasteiger partial charge in [0.05, 0.1) is 0 Å². The van der Waals surface area contributed by atoms with Crippen LogP contribution in [0.2, 0.25) is 0 Å². The summed E-state index contributed by atoms with van der Waals surface area (Å²) >= 11 is 0. The van der Waals surface area contributed by atoms with E-state index in [0.29, 0.717) is 5.56 Å². The first-order chi connectivity index (χ1) is 5.65. The highest BCUT2D eigenvalue weighted by Gasteiger charge is 2.03. The molecule has 0 aliphatic heterocycles. The van der Waals surface area contributed by atoms with Crippen LogP contribution in [0.25, 0.3) is 0 Å². The summed E-state index contributed by atoms with van der Waals surface area (Å²) in [6.07, 6.45) is 1.56. The molecular formula is C9H11NO2. The molecule has 12 heavy (non-hydrogen) atoms. The monoisotopic (exact) mass is 165 g/mol. The second-order valence-corrected chi connectivity index (χ2v) is 2.58. The number of aromatic hydroxyl groups is 2. The quantitative estimate of drug-likeness (QED) is 0.619. The number of hydrogen-bond acceptors (Lipinski definition) is 3. The molecule has 3 heteroatoms. The van der Waals surface area contributed by atoms with Crippen LogP contribution in [0.4, 0.5) is 0 Å². The Morgan fingerprint density at radius 3 is 2.50 bits per heavy atom. The molecule has 0 saturated carbocycles. The van der Waals surface area contributed by atoms with Crippen LogP contribution >= 0.6 is 0 Å². The van der Waals surface area contributed by atoms with Gasteiger partial charge in [-0.3, -0.25) is 4.99 Å². The minimum atomic E-state index is 0.0538. The summed E-state index contributed by atoms with van der Waals surface area (Å²) in [7, 11) is 1.63. The number of hydrogen-bond donors (Lipinski definition) is 2. The van der Waals surface area contributed by atoms with Crippen molar-refractivity contribution in [1.82, 2.24) is 0 Å². The number of benzene rings is 1. The number of phenols is 2. The van der Waals surface area contributed by atoms with Crippen molar-refractivity contribution in [1.29, 1.82) is 0 Å². The summed E-state index contributed by atoms with van der Waals surface area (Å²) in [6.45, 7) is 1.80. The molecule has 1 aromatic carbocycles. The van der Waals surface area contributed by atoms with E-state index in [-0.39, 0.29) is 11.5 Å². The summed E-state index contributed by atoms with van der Waals surface area (Å²) in [4.78, 5) is 3.79. The standard InChI is InChI=1S/C9H11NO2/c1-6-3-7(11)4-9(12)8(6)5-10-2/h3-5,11-12H,1-2H3. The highest BCUT2D eigenvalue weighted by Crippen LogP contribution is 2.24. The van der Waals surface area contributed by atoms with Gasteiger partial charge in [-0.2, -0.15) is 0 Å². The van der Waals surface area contributed by atoms with Gasteiger partial charge in [-0.25, -0.2) is 0 Å². The molecular weight excluding hydrogens is 154 g/mol. The smallest absolute Gasteiger partial charge is 0.128 e. The lowest BCUT2D eigenvalue weighted by molar-refractivity contribution is 0.449. The summed E-state index contributed by atoms with van der Waals surface area (Å²) in [5.74, 6) is 0.122. The Balaban J connectivity index is 3.28. The summed E-state index contributed by atoms with van der Waals surface area (Å²) in [5.41, 5.74) is 1.45. The summed E-state index contributed by atoms with van der Waals surface area (Å²) < 4.78 is 0. The Hall–Kier alpha value is -1.51. The number of phenolic OH excluding ortho intramolecular Hbond substituents is 2. The van der Waals surface area contributed by atoms with Crippen molar-refractivity contribution in [3.05, 3.63) is 23.3 Å². The van der Waals surface area contributed by atoms with Crippen LogP contribution in [0, 0.1) is 6.92 Å². The topological polar surface area (TPSA) is 52.8 Å². The third-order valence-electron chi connectivity index (χ3n) is 1.61. The van der Waals surface area contributed by atoms with E-state index in [0.717, 1.165) is 5.56 Å². The van der Waals surface area contributed by atoms with Gasteiger partial charge >= 0.3 is 0 Å². The van der Waals surface area contributed by atoms with Gasteiger partial charge in [-0.05, 0) is 18.6 Å². The Bertz CT molecular complexity index is 295. The van der Waals surface area contributed by atoms with Crippen molar-refractivity contribution in [2.75, 3.05) is 7.05 Å². The van der Waals surface area contributed by atoms with Crippen LogP contribution < -0.4 is 0 Å². The molecule has 0 amide bonds. The lowest BCUT2D eigenvalue weighted by Crippen LogP contribution is -1.87. The van der Waals surface area contributed by atoms with Crippen LogP contribution in [-0.2, 0) is 0 Å². The van der Waals surface area contributed by atoms with Crippen LogP contribution in [-0.4, -0.2) is 23.5 Å². The third-order valence-corrected chi connectivity index (χ3v) is 1.61. The molecule has 0 bridgehead atoms. The fourth-order valence-electron chi connectivity index (χ4n) is 1.06. The molecule has 0 radical (unpaired) electrons. The van der Waals surface area contributed by atoms with Gasteiger partial charge in [-0.15, -0.1) is 0 Å². The van der Waals surface area contributed by atoms with Gasteiger partial charge in [-0.1, -0.05) is 0 Å². The predicted octanol–water partition coefficient (Wildman–Crippen LogP) is 1.45. The van der Waals surface area contributed by atoms with E-state index < -0.39 is 0 Å². The molecule has 0 heterocycles. The molecule has 0 fully saturated rings. The summed E-state index contributed by atoms with van der Waals surface area (Å²) in [6, 6.07) is 2.88. The lowest BCUT2D eigenvalue weighted by Gasteiger charge is -2.03. The lowest BCUT2D eigenvalue weighted by atomic mass is 10.1. The molecule has 0 aliphatic rings. The van der Waals surface area contributed by atoms with Crippen LogP contribution in [0.15, 0.2) is 17.1 Å². The molecule has 0 aliphatic carbocycles. The van der Waals surface area contributed by atoms with Crippen molar-refractivity contribution in [3.8, 4) is 11.5 Å². The van der Waals surface area contributed by atoms with E-state index in [1.165, 1.54) is 6.07 Å². The van der Waals surface area contributed by atoms with E-state index in [4.69, 9.17) is 5.11 Å². The molecule has 0 aromatic heterocycles. The van der Waals surface area contributed by atoms with Gasteiger partial charge in [0.1, 0.15) is 11.5 Å². The number of rotatable bonds is 1. The molecule has 0 saturated heterocycles. The predicted molar refractivity (Wildman–Crippen MR) is 48.0 cm³/mol. The molecule has 0 unspecified atom stereocenters. The minimum absolute atomic E-state index is 0.0538. The number of aliphatic imine (C=N–C) groups is 1. The molecule has 0 atom stereocenters.